The number of aliphatic carboxylic acids is 1. The van der Waals surface area contributed by atoms with Crippen LogP contribution in [0, 0.1) is 5.92 Å². The van der Waals surface area contributed by atoms with Gasteiger partial charge in [-0.25, -0.2) is 0 Å². The molecule has 0 saturated heterocycles. The number of rotatable bonds is 10. The van der Waals surface area contributed by atoms with Crippen LogP contribution in [0.25, 0.3) is 0 Å². The molecule has 2 unspecified atom stereocenters. The van der Waals surface area contributed by atoms with Crippen LogP contribution < -0.4 is 0 Å². The Bertz CT molecular complexity index is 231. The van der Waals surface area contributed by atoms with Crippen LogP contribution in [0.4, 0.5) is 0 Å². The van der Waals surface area contributed by atoms with Gasteiger partial charge < -0.3 is 9.53 Å². The second-order valence-corrected chi connectivity index (χ2v) is 9.79. The third-order valence-corrected chi connectivity index (χ3v) is 8.89. The molecule has 2 atom stereocenters. The van der Waals surface area contributed by atoms with E-state index in [0.717, 1.165) is 24.6 Å². The maximum Gasteiger partial charge on any atom is 0.306 e. The van der Waals surface area contributed by atoms with E-state index in [-0.39, 0.29) is 12.0 Å². The lowest BCUT2D eigenvalue weighted by atomic mass is 9.98. The molecule has 0 rings (SSSR count). The van der Waals surface area contributed by atoms with Crippen LogP contribution in [0.2, 0.25) is 18.1 Å². The first kappa shape index (κ1) is 17.6. The van der Waals surface area contributed by atoms with Gasteiger partial charge in [0, 0.05) is 6.10 Å². The van der Waals surface area contributed by atoms with Crippen molar-refractivity contribution < 1.29 is 14.3 Å². The second kappa shape index (κ2) is 8.70. The summed E-state index contributed by atoms with van der Waals surface area (Å²) < 4.78 is 6.39. The van der Waals surface area contributed by atoms with E-state index in [1.807, 2.05) is 6.92 Å². The van der Waals surface area contributed by atoms with Gasteiger partial charge in [0.2, 0.25) is 0 Å². The lowest BCUT2D eigenvalue weighted by Crippen LogP contribution is -2.40. The molecule has 4 heteroatoms. The zero-order valence-corrected chi connectivity index (χ0v) is 13.7. The molecule has 0 aromatic rings. The fraction of sp³-hybridized carbons (Fsp3) is 0.929. The molecule has 0 aliphatic rings. The van der Waals surface area contributed by atoms with Crippen LogP contribution in [0.5, 0.6) is 0 Å². The van der Waals surface area contributed by atoms with Gasteiger partial charge in [-0.15, -0.1) is 0 Å². The Morgan fingerprint density at radius 1 is 1.06 bits per heavy atom. The minimum Gasteiger partial charge on any atom is -0.481 e. The zero-order valence-electron chi connectivity index (χ0n) is 12.7. The van der Waals surface area contributed by atoms with Crippen LogP contribution >= 0.6 is 0 Å². The number of carbonyl (C=O) groups is 1. The molecule has 0 heterocycles. The third-order valence-electron chi connectivity index (χ3n) is 4.19. The number of hydrogen-bond donors (Lipinski definition) is 1. The van der Waals surface area contributed by atoms with Crippen molar-refractivity contribution in [2.24, 2.45) is 5.92 Å². The first-order chi connectivity index (χ1) is 8.48. The summed E-state index contributed by atoms with van der Waals surface area (Å²) in [5, 5.41) is 9.14. The molecule has 0 aliphatic carbocycles. The third kappa shape index (κ3) is 5.10. The highest BCUT2D eigenvalue weighted by molar-refractivity contribution is 6.73. The molecule has 0 radical (unpaired) electrons. The molecular formula is C14H30O3Si. The molecule has 0 fully saturated rings. The van der Waals surface area contributed by atoms with E-state index in [1.54, 1.807) is 0 Å². The monoisotopic (exact) mass is 274 g/mol. The van der Waals surface area contributed by atoms with Crippen molar-refractivity contribution in [3.63, 3.8) is 0 Å². The van der Waals surface area contributed by atoms with E-state index in [4.69, 9.17) is 9.53 Å². The lowest BCUT2D eigenvalue weighted by molar-refractivity contribution is -0.142. The quantitative estimate of drug-likeness (QED) is 0.605. The molecule has 3 nitrogen and oxygen atoms in total. The van der Waals surface area contributed by atoms with Crippen LogP contribution in [-0.4, -0.2) is 25.5 Å². The number of carboxylic acid groups (broad SMARTS) is 1. The molecule has 0 aliphatic heterocycles. The van der Waals surface area contributed by atoms with Crippen LogP contribution in [0.1, 0.15) is 53.9 Å². The number of hydrogen-bond acceptors (Lipinski definition) is 2. The molecule has 18 heavy (non-hydrogen) atoms. The Kier molecular flexibility index (Phi) is 8.53. The van der Waals surface area contributed by atoms with Crippen molar-refractivity contribution in [2.45, 2.75) is 78.1 Å². The van der Waals surface area contributed by atoms with Crippen molar-refractivity contribution in [1.29, 1.82) is 0 Å². The normalized spacial score (nSPS) is 15.4. The van der Waals surface area contributed by atoms with Gasteiger partial charge in [-0.1, -0.05) is 34.6 Å². The summed E-state index contributed by atoms with van der Waals surface area (Å²) in [6.07, 6.45) is 2.39. The summed E-state index contributed by atoms with van der Waals surface area (Å²) in [7, 11) is -1.61. The fourth-order valence-electron chi connectivity index (χ4n) is 2.41. The summed E-state index contributed by atoms with van der Waals surface area (Å²) in [4.78, 5) is 11.1. The van der Waals surface area contributed by atoms with E-state index in [9.17, 15) is 4.79 Å². The van der Waals surface area contributed by atoms with Crippen LogP contribution in [-0.2, 0) is 9.22 Å². The highest BCUT2D eigenvalue weighted by atomic mass is 28.4. The maximum absolute atomic E-state index is 11.1. The van der Waals surface area contributed by atoms with Gasteiger partial charge in [0.25, 0.3) is 0 Å². The van der Waals surface area contributed by atoms with Gasteiger partial charge in [-0.05, 0) is 37.4 Å². The van der Waals surface area contributed by atoms with E-state index in [0.29, 0.717) is 12.8 Å². The maximum atomic E-state index is 11.1. The van der Waals surface area contributed by atoms with Gasteiger partial charge >= 0.3 is 5.97 Å². The van der Waals surface area contributed by atoms with Crippen molar-refractivity contribution in [3.8, 4) is 0 Å². The molecule has 108 valence electrons. The highest BCUT2D eigenvalue weighted by Gasteiger charge is 2.32. The van der Waals surface area contributed by atoms with Gasteiger partial charge in [0.1, 0.15) is 0 Å². The van der Waals surface area contributed by atoms with Crippen LogP contribution in [0.3, 0.4) is 0 Å². The first-order valence-electron chi connectivity index (χ1n) is 7.39. The van der Waals surface area contributed by atoms with Gasteiger partial charge in [0.05, 0.1) is 5.92 Å². The lowest BCUT2D eigenvalue weighted by Gasteiger charge is -2.33. The molecule has 0 spiro atoms. The Balaban J connectivity index is 4.63. The van der Waals surface area contributed by atoms with Gasteiger partial charge in [-0.3, -0.25) is 4.79 Å². The minimum absolute atomic E-state index is 0.123. The van der Waals surface area contributed by atoms with E-state index in [1.165, 1.54) is 0 Å². The minimum atomic E-state index is -1.61. The van der Waals surface area contributed by atoms with E-state index < -0.39 is 14.3 Å². The average Bonchev–Trinajstić information content (AvgIpc) is 2.39. The van der Waals surface area contributed by atoms with Gasteiger partial charge in [-0.2, -0.15) is 0 Å². The van der Waals surface area contributed by atoms with Crippen molar-refractivity contribution >= 4 is 14.3 Å². The second-order valence-electron chi connectivity index (χ2n) is 5.07. The zero-order chi connectivity index (χ0) is 14.2. The Morgan fingerprint density at radius 2 is 1.56 bits per heavy atom. The highest BCUT2D eigenvalue weighted by Crippen LogP contribution is 2.27. The predicted molar refractivity (Wildman–Crippen MR) is 78.4 cm³/mol. The summed E-state index contributed by atoms with van der Waals surface area (Å²) in [6.45, 7) is 10.7. The van der Waals surface area contributed by atoms with Crippen molar-refractivity contribution in [3.05, 3.63) is 0 Å². The van der Waals surface area contributed by atoms with Gasteiger partial charge in [0.15, 0.2) is 8.32 Å². The average molecular weight is 274 g/mol. The van der Waals surface area contributed by atoms with E-state index in [2.05, 4.69) is 27.7 Å². The standard InChI is InChI=1S/C14H30O3Si/c1-6-12(14(15)16)11-13(7-2)17-18(8-3,9-4)10-5/h12-13H,6-11H2,1-5H3,(H,15,16). The molecule has 0 saturated carbocycles. The topological polar surface area (TPSA) is 46.5 Å². The van der Waals surface area contributed by atoms with Crippen LogP contribution in [0.15, 0.2) is 0 Å². The van der Waals surface area contributed by atoms with Crippen molar-refractivity contribution in [1.82, 2.24) is 0 Å². The summed E-state index contributed by atoms with van der Waals surface area (Å²) in [5.74, 6) is -0.941. The largest absolute Gasteiger partial charge is 0.481 e. The summed E-state index contributed by atoms with van der Waals surface area (Å²) >= 11 is 0. The number of carboxylic acids is 1. The summed E-state index contributed by atoms with van der Waals surface area (Å²) in [6, 6.07) is 3.38. The molecule has 0 bridgehead atoms. The SMILES string of the molecule is CCC(CC(CC)C(=O)O)O[Si](CC)(CC)CC. The molecule has 0 aromatic heterocycles. The smallest absolute Gasteiger partial charge is 0.306 e. The molecule has 0 amide bonds. The van der Waals surface area contributed by atoms with E-state index >= 15 is 0 Å². The summed E-state index contributed by atoms with van der Waals surface area (Å²) in [5.41, 5.74) is 0. The Hall–Kier alpha value is -0.353. The Labute approximate surface area is 113 Å². The molecule has 1 N–H and O–H groups in total. The first-order valence-corrected chi connectivity index (χ1v) is 9.91. The molecule has 0 aromatic carbocycles. The Morgan fingerprint density at radius 3 is 1.83 bits per heavy atom. The molecular weight excluding hydrogens is 244 g/mol. The fourth-order valence-corrected chi connectivity index (χ4v) is 5.38. The van der Waals surface area contributed by atoms with Crippen molar-refractivity contribution in [2.75, 3.05) is 0 Å². The predicted octanol–water partition coefficient (Wildman–Crippen LogP) is 4.29.